The van der Waals surface area contributed by atoms with Crippen LogP contribution in [0.15, 0.2) is 18.2 Å². The molecule has 3 nitrogen and oxygen atoms in total. The fraction of sp³-hybridized carbons (Fsp3) is 0.400. The van der Waals surface area contributed by atoms with E-state index in [4.69, 9.17) is 27.4 Å². The number of hydrogen-bond donors (Lipinski definition) is 0. The number of halogens is 2. The highest BCUT2D eigenvalue weighted by molar-refractivity contribution is 7.86. The molecule has 1 atom stereocenters. The van der Waals surface area contributed by atoms with Crippen LogP contribution < -0.4 is 0 Å². The number of benzene rings is 1. The van der Waals surface area contributed by atoms with Crippen LogP contribution >= 0.6 is 23.2 Å². The van der Waals surface area contributed by atoms with Gasteiger partial charge in [0.15, 0.2) is 0 Å². The Hall–Kier alpha value is -0.290. The fourth-order valence-electron chi connectivity index (χ4n) is 1.35. The molecule has 0 amide bonds. The zero-order valence-electron chi connectivity index (χ0n) is 8.91. The molecule has 0 saturated carbocycles. The second-order valence-corrected chi connectivity index (χ2v) is 5.93. The van der Waals surface area contributed by atoms with Crippen molar-refractivity contribution in [2.75, 3.05) is 6.26 Å². The lowest BCUT2D eigenvalue weighted by molar-refractivity contribution is 0.232. The average molecular weight is 283 g/mol. The Morgan fingerprint density at radius 3 is 2.25 bits per heavy atom. The molecule has 0 unspecified atom stereocenters. The molecule has 0 N–H and O–H groups in total. The minimum absolute atomic E-state index is 0.353. The van der Waals surface area contributed by atoms with Crippen molar-refractivity contribution in [2.24, 2.45) is 0 Å². The molecule has 0 aliphatic carbocycles. The number of hydrogen-bond acceptors (Lipinski definition) is 3. The summed E-state index contributed by atoms with van der Waals surface area (Å²) in [5.41, 5.74) is 0.696. The van der Waals surface area contributed by atoms with Crippen LogP contribution in [-0.4, -0.2) is 20.8 Å². The van der Waals surface area contributed by atoms with Crippen molar-refractivity contribution in [1.29, 1.82) is 0 Å². The average Bonchev–Trinajstić information content (AvgIpc) is 2.08. The Morgan fingerprint density at radius 2 is 1.81 bits per heavy atom. The maximum Gasteiger partial charge on any atom is 0.264 e. The van der Waals surface area contributed by atoms with Crippen molar-refractivity contribution in [3.63, 3.8) is 0 Å². The van der Waals surface area contributed by atoms with E-state index in [1.54, 1.807) is 25.1 Å². The standard InChI is InChI=1S/C10H12Cl2O3S/c1-7(15-16(2,13)14)6-8-9(11)4-3-5-10(8)12/h3-5,7H,6H2,1-2H3/t7-/m1/s1. The van der Waals surface area contributed by atoms with Gasteiger partial charge in [0.1, 0.15) is 0 Å². The van der Waals surface area contributed by atoms with E-state index < -0.39 is 16.2 Å². The molecule has 0 aromatic heterocycles. The molecule has 0 saturated heterocycles. The SMILES string of the molecule is C[C@H](Cc1c(Cl)cccc1Cl)OS(C)(=O)=O. The highest BCUT2D eigenvalue weighted by Gasteiger charge is 2.14. The summed E-state index contributed by atoms with van der Waals surface area (Å²) >= 11 is 11.9. The van der Waals surface area contributed by atoms with E-state index in [0.717, 1.165) is 6.26 Å². The quantitative estimate of drug-likeness (QED) is 0.798. The highest BCUT2D eigenvalue weighted by atomic mass is 35.5. The van der Waals surface area contributed by atoms with Crippen molar-refractivity contribution >= 4 is 33.3 Å². The summed E-state index contributed by atoms with van der Waals surface area (Å²) in [6.07, 6.45) is 0.871. The minimum Gasteiger partial charge on any atom is -0.267 e. The van der Waals surface area contributed by atoms with E-state index in [1.165, 1.54) is 0 Å². The van der Waals surface area contributed by atoms with Gasteiger partial charge in [-0.3, -0.25) is 4.18 Å². The van der Waals surface area contributed by atoms with Gasteiger partial charge in [0, 0.05) is 16.5 Å². The molecule has 1 aromatic rings. The van der Waals surface area contributed by atoms with Crippen LogP contribution in [0.25, 0.3) is 0 Å². The van der Waals surface area contributed by atoms with Gasteiger partial charge in [0.2, 0.25) is 0 Å². The Balaban J connectivity index is 2.81. The first-order valence-electron chi connectivity index (χ1n) is 4.61. The van der Waals surface area contributed by atoms with Crippen LogP contribution in [0.3, 0.4) is 0 Å². The molecule has 1 aromatic carbocycles. The Morgan fingerprint density at radius 1 is 1.31 bits per heavy atom. The molecule has 0 spiro atoms. The molecule has 90 valence electrons. The van der Waals surface area contributed by atoms with Gasteiger partial charge in [-0.05, 0) is 24.6 Å². The highest BCUT2D eigenvalue weighted by Crippen LogP contribution is 2.26. The maximum absolute atomic E-state index is 10.9. The first-order chi connectivity index (χ1) is 7.29. The molecule has 16 heavy (non-hydrogen) atoms. The van der Waals surface area contributed by atoms with E-state index in [0.29, 0.717) is 22.0 Å². The van der Waals surface area contributed by atoms with Crippen molar-refractivity contribution in [3.05, 3.63) is 33.8 Å². The van der Waals surface area contributed by atoms with Gasteiger partial charge >= 0.3 is 0 Å². The lowest BCUT2D eigenvalue weighted by Gasteiger charge is -2.13. The third-order valence-corrected chi connectivity index (χ3v) is 3.28. The van der Waals surface area contributed by atoms with Gasteiger partial charge in [0.05, 0.1) is 12.4 Å². The van der Waals surface area contributed by atoms with Crippen LogP contribution in [0.2, 0.25) is 10.0 Å². The second kappa shape index (κ2) is 5.36. The van der Waals surface area contributed by atoms with Crippen LogP contribution in [0, 0.1) is 0 Å². The summed E-state index contributed by atoms with van der Waals surface area (Å²) in [4.78, 5) is 0. The van der Waals surface area contributed by atoms with Gasteiger partial charge in [-0.1, -0.05) is 29.3 Å². The van der Waals surface area contributed by atoms with E-state index in [2.05, 4.69) is 0 Å². The zero-order valence-corrected chi connectivity index (χ0v) is 11.2. The number of rotatable bonds is 4. The summed E-state index contributed by atoms with van der Waals surface area (Å²) in [6.45, 7) is 1.65. The van der Waals surface area contributed by atoms with Crippen molar-refractivity contribution in [3.8, 4) is 0 Å². The lowest BCUT2D eigenvalue weighted by Crippen LogP contribution is -2.16. The van der Waals surface area contributed by atoms with Crippen molar-refractivity contribution < 1.29 is 12.6 Å². The van der Waals surface area contributed by atoms with Gasteiger partial charge in [-0.25, -0.2) is 0 Å². The minimum atomic E-state index is -3.46. The normalized spacial score (nSPS) is 13.8. The monoisotopic (exact) mass is 282 g/mol. The fourth-order valence-corrected chi connectivity index (χ4v) is 2.56. The predicted molar refractivity (Wildman–Crippen MR) is 65.6 cm³/mol. The van der Waals surface area contributed by atoms with E-state index in [-0.39, 0.29) is 0 Å². The summed E-state index contributed by atoms with van der Waals surface area (Å²) in [6, 6.07) is 5.14. The van der Waals surface area contributed by atoms with Crippen LogP contribution in [0.5, 0.6) is 0 Å². The van der Waals surface area contributed by atoms with Gasteiger partial charge in [0.25, 0.3) is 10.1 Å². The molecule has 0 radical (unpaired) electrons. The summed E-state index contributed by atoms with van der Waals surface area (Å²) < 4.78 is 26.6. The lowest BCUT2D eigenvalue weighted by atomic mass is 10.1. The van der Waals surface area contributed by atoms with E-state index in [1.807, 2.05) is 0 Å². The third kappa shape index (κ3) is 4.29. The molecule has 6 heteroatoms. The summed E-state index contributed by atoms with van der Waals surface area (Å²) in [5.74, 6) is 0. The Labute approximate surface area is 105 Å². The predicted octanol–water partition coefficient (Wildman–Crippen LogP) is 2.90. The van der Waals surface area contributed by atoms with E-state index >= 15 is 0 Å². The maximum atomic E-state index is 10.9. The molecular weight excluding hydrogens is 271 g/mol. The summed E-state index contributed by atoms with van der Waals surface area (Å²) in [7, 11) is -3.46. The first kappa shape index (κ1) is 13.8. The molecule has 1 rings (SSSR count). The van der Waals surface area contributed by atoms with Gasteiger partial charge in [-0.15, -0.1) is 0 Å². The Bertz CT molecular complexity index is 451. The molecule has 0 bridgehead atoms. The van der Waals surface area contributed by atoms with E-state index in [9.17, 15) is 8.42 Å². The zero-order chi connectivity index (χ0) is 12.3. The topological polar surface area (TPSA) is 43.4 Å². The smallest absolute Gasteiger partial charge is 0.264 e. The van der Waals surface area contributed by atoms with Crippen molar-refractivity contribution in [2.45, 2.75) is 19.4 Å². The summed E-state index contributed by atoms with van der Waals surface area (Å²) in [5, 5.41) is 1.02. The third-order valence-electron chi connectivity index (χ3n) is 1.89. The molecule has 0 fully saturated rings. The van der Waals surface area contributed by atoms with Gasteiger partial charge < -0.3 is 0 Å². The largest absolute Gasteiger partial charge is 0.267 e. The van der Waals surface area contributed by atoms with Crippen LogP contribution in [0.1, 0.15) is 12.5 Å². The van der Waals surface area contributed by atoms with Crippen molar-refractivity contribution in [1.82, 2.24) is 0 Å². The molecule has 0 aliphatic heterocycles. The van der Waals surface area contributed by atoms with Crippen LogP contribution in [-0.2, 0) is 20.7 Å². The molecular formula is C10H12Cl2O3S. The molecule has 0 heterocycles. The Kier molecular flexibility index (Phi) is 4.62. The van der Waals surface area contributed by atoms with Gasteiger partial charge in [-0.2, -0.15) is 8.42 Å². The molecule has 0 aliphatic rings. The second-order valence-electron chi connectivity index (χ2n) is 3.52. The van der Waals surface area contributed by atoms with Crippen LogP contribution in [0.4, 0.5) is 0 Å². The first-order valence-corrected chi connectivity index (χ1v) is 7.18.